The van der Waals surface area contributed by atoms with E-state index in [0.717, 1.165) is 0 Å². The third-order valence-electron chi connectivity index (χ3n) is 2.63. The zero-order valence-corrected chi connectivity index (χ0v) is 10.5. The summed E-state index contributed by atoms with van der Waals surface area (Å²) < 4.78 is 0. The third kappa shape index (κ3) is 7.61. The van der Waals surface area contributed by atoms with Crippen LogP contribution in [0.4, 0.5) is 4.79 Å². The molecular weight excluding hydrogens is 238 g/mol. The summed E-state index contributed by atoms with van der Waals surface area (Å²) in [7, 11) is 0. The molecule has 0 spiro atoms. The van der Waals surface area contributed by atoms with Gasteiger partial charge in [0.2, 0.25) is 0 Å². The lowest BCUT2D eigenvalue weighted by molar-refractivity contribution is -0.138. The molecule has 7 heteroatoms. The van der Waals surface area contributed by atoms with Gasteiger partial charge in [0.15, 0.2) is 0 Å². The number of hydrogen-bond donors (Lipinski definition) is 4. The summed E-state index contributed by atoms with van der Waals surface area (Å²) >= 11 is 0. The van der Waals surface area contributed by atoms with Crippen molar-refractivity contribution in [1.29, 1.82) is 0 Å². The summed E-state index contributed by atoms with van der Waals surface area (Å²) in [6.07, 6.45) is 1.39. The molecule has 6 N–H and O–H groups in total. The summed E-state index contributed by atoms with van der Waals surface area (Å²) in [5, 5.41) is 11.0. The molecule has 0 aromatic carbocycles. The lowest BCUT2D eigenvalue weighted by Crippen LogP contribution is -2.37. The molecule has 18 heavy (non-hydrogen) atoms. The molecule has 0 aliphatic carbocycles. The van der Waals surface area contributed by atoms with Crippen LogP contribution in [0.3, 0.4) is 0 Å². The molecule has 2 atom stereocenters. The number of primary amides is 1. The maximum Gasteiger partial charge on any atom is 0.312 e. The van der Waals surface area contributed by atoms with Gasteiger partial charge >= 0.3 is 12.0 Å². The van der Waals surface area contributed by atoms with Crippen LogP contribution < -0.4 is 16.8 Å². The Morgan fingerprint density at radius 1 is 1.28 bits per heavy atom. The number of carbonyl (C=O) groups is 3. The van der Waals surface area contributed by atoms with Crippen molar-refractivity contribution < 1.29 is 19.5 Å². The minimum atomic E-state index is -0.962. The third-order valence-corrected chi connectivity index (χ3v) is 2.63. The number of carbonyl (C=O) groups excluding carboxylic acids is 2. The largest absolute Gasteiger partial charge is 0.481 e. The zero-order chi connectivity index (χ0) is 14.1. The Bertz CT molecular complexity index is 307. The Morgan fingerprint density at radius 2 is 1.89 bits per heavy atom. The lowest BCUT2D eigenvalue weighted by Gasteiger charge is -2.16. The number of hydrogen-bond acceptors (Lipinski definition) is 4. The average molecular weight is 259 g/mol. The Hall–Kier alpha value is -1.63. The molecule has 2 unspecified atom stereocenters. The monoisotopic (exact) mass is 259 g/mol. The second-order valence-corrected chi connectivity index (χ2v) is 4.32. The van der Waals surface area contributed by atoms with Gasteiger partial charge in [0.1, 0.15) is 5.78 Å². The molecule has 104 valence electrons. The molecule has 0 aliphatic heterocycles. The molecule has 2 amide bonds. The lowest BCUT2D eigenvalue weighted by atomic mass is 9.93. The Labute approximate surface area is 106 Å². The van der Waals surface area contributed by atoms with Gasteiger partial charge in [-0.05, 0) is 18.8 Å². The van der Waals surface area contributed by atoms with Crippen molar-refractivity contribution in [2.45, 2.75) is 38.6 Å². The van der Waals surface area contributed by atoms with Gasteiger partial charge in [0.25, 0.3) is 0 Å². The van der Waals surface area contributed by atoms with E-state index in [1.807, 2.05) is 0 Å². The van der Waals surface area contributed by atoms with E-state index in [1.165, 1.54) is 0 Å². The normalized spacial score (nSPS) is 13.7. The van der Waals surface area contributed by atoms with E-state index in [9.17, 15) is 14.4 Å². The van der Waals surface area contributed by atoms with E-state index < -0.39 is 18.0 Å². The predicted octanol–water partition coefficient (Wildman–Crippen LogP) is -0.168. The van der Waals surface area contributed by atoms with E-state index in [4.69, 9.17) is 16.6 Å². The average Bonchev–Trinajstić information content (AvgIpc) is 2.25. The summed E-state index contributed by atoms with van der Waals surface area (Å²) in [4.78, 5) is 32.5. The number of rotatable bonds is 9. The molecule has 0 rings (SSSR count). The number of nitrogens with one attached hydrogen (secondary N) is 1. The van der Waals surface area contributed by atoms with Crippen LogP contribution in [-0.2, 0) is 9.59 Å². The SMILES string of the molecule is CC(CC(=O)O)C(N)C(=O)CCCCNC(N)=O. The molecule has 0 radical (unpaired) electrons. The smallest absolute Gasteiger partial charge is 0.312 e. The van der Waals surface area contributed by atoms with Crippen molar-refractivity contribution in [2.75, 3.05) is 6.54 Å². The molecule has 0 aromatic heterocycles. The molecule has 0 bridgehead atoms. The zero-order valence-electron chi connectivity index (χ0n) is 10.5. The van der Waals surface area contributed by atoms with Crippen LogP contribution in [-0.4, -0.2) is 35.5 Å². The van der Waals surface area contributed by atoms with E-state index >= 15 is 0 Å². The van der Waals surface area contributed by atoms with Crippen LogP contribution in [0, 0.1) is 5.92 Å². The van der Waals surface area contributed by atoms with Crippen LogP contribution in [0.15, 0.2) is 0 Å². The van der Waals surface area contributed by atoms with Gasteiger partial charge in [-0.25, -0.2) is 4.79 Å². The molecule has 7 nitrogen and oxygen atoms in total. The molecule has 0 aliphatic rings. The second-order valence-electron chi connectivity index (χ2n) is 4.32. The molecule has 0 saturated heterocycles. The van der Waals surface area contributed by atoms with Crippen LogP contribution in [0.1, 0.15) is 32.6 Å². The number of unbranched alkanes of at least 4 members (excludes halogenated alkanes) is 1. The molecule has 0 fully saturated rings. The summed E-state index contributed by atoms with van der Waals surface area (Å²) in [6.45, 7) is 2.06. The first-order chi connectivity index (χ1) is 8.34. The van der Waals surface area contributed by atoms with Crippen molar-refractivity contribution in [3.63, 3.8) is 0 Å². The topological polar surface area (TPSA) is 136 Å². The fourth-order valence-corrected chi connectivity index (χ4v) is 1.52. The molecule has 0 heterocycles. The van der Waals surface area contributed by atoms with Gasteiger partial charge in [-0.3, -0.25) is 9.59 Å². The molecule has 0 aromatic rings. The first-order valence-corrected chi connectivity index (χ1v) is 5.88. The van der Waals surface area contributed by atoms with Crippen molar-refractivity contribution in [1.82, 2.24) is 5.32 Å². The summed E-state index contributed by atoms with van der Waals surface area (Å²) in [6, 6.07) is -1.33. The molecular formula is C11H21N3O4. The van der Waals surface area contributed by atoms with E-state index in [2.05, 4.69) is 5.32 Å². The van der Waals surface area contributed by atoms with Gasteiger partial charge in [-0.1, -0.05) is 6.92 Å². The number of ketones is 1. The van der Waals surface area contributed by atoms with Gasteiger partial charge in [0.05, 0.1) is 6.04 Å². The number of nitrogens with two attached hydrogens (primary N) is 2. The number of carboxylic acid groups (broad SMARTS) is 1. The number of Topliss-reactive ketones (excluding diaryl/α,β-unsaturated/α-hetero) is 1. The van der Waals surface area contributed by atoms with Crippen LogP contribution in [0.5, 0.6) is 0 Å². The van der Waals surface area contributed by atoms with E-state index in [0.29, 0.717) is 19.4 Å². The first kappa shape index (κ1) is 16.4. The number of amides is 2. The maximum absolute atomic E-state index is 11.6. The number of aliphatic carboxylic acids is 1. The maximum atomic E-state index is 11.6. The van der Waals surface area contributed by atoms with Crippen molar-refractivity contribution in [3.05, 3.63) is 0 Å². The summed E-state index contributed by atoms with van der Waals surface area (Å²) in [5.74, 6) is -1.49. The van der Waals surface area contributed by atoms with Crippen molar-refractivity contribution in [3.8, 4) is 0 Å². The van der Waals surface area contributed by atoms with Gasteiger partial charge < -0.3 is 21.9 Å². The van der Waals surface area contributed by atoms with Gasteiger partial charge in [-0.15, -0.1) is 0 Å². The number of carboxylic acids is 1. The standard InChI is InChI=1S/C11H21N3O4/c1-7(6-9(16)17)10(12)8(15)4-2-3-5-14-11(13)18/h7,10H,2-6,12H2,1H3,(H,16,17)(H3,13,14,18). The minimum Gasteiger partial charge on any atom is -0.481 e. The highest BCUT2D eigenvalue weighted by molar-refractivity contribution is 5.84. The quantitative estimate of drug-likeness (QED) is 0.426. The highest BCUT2D eigenvalue weighted by Gasteiger charge is 2.22. The number of urea groups is 1. The predicted molar refractivity (Wildman–Crippen MR) is 65.8 cm³/mol. The minimum absolute atomic E-state index is 0.115. The van der Waals surface area contributed by atoms with Crippen molar-refractivity contribution in [2.24, 2.45) is 17.4 Å². The second kappa shape index (κ2) is 8.46. The van der Waals surface area contributed by atoms with Crippen LogP contribution in [0.2, 0.25) is 0 Å². The fraction of sp³-hybridized carbons (Fsp3) is 0.727. The highest BCUT2D eigenvalue weighted by Crippen LogP contribution is 2.10. The van der Waals surface area contributed by atoms with Gasteiger partial charge in [-0.2, -0.15) is 0 Å². The first-order valence-electron chi connectivity index (χ1n) is 5.88. The van der Waals surface area contributed by atoms with Crippen LogP contribution in [0.25, 0.3) is 0 Å². The Kier molecular flexibility index (Phi) is 7.69. The van der Waals surface area contributed by atoms with E-state index in [-0.39, 0.29) is 24.5 Å². The Morgan fingerprint density at radius 3 is 2.39 bits per heavy atom. The summed E-state index contributed by atoms with van der Waals surface area (Å²) in [5.41, 5.74) is 10.5. The van der Waals surface area contributed by atoms with E-state index in [1.54, 1.807) is 6.92 Å². The van der Waals surface area contributed by atoms with Gasteiger partial charge in [0, 0.05) is 19.4 Å². The van der Waals surface area contributed by atoms with Crippen molar-refractivity contribution >= 4 is 17.8 Å². The van der Waals surface area contributed by atoms with Crippen LogP contribution >= 0.6 is 0 Å². The Balaban J connectivity index is 3.80. The fourth-order valence-electron chi connectivity index (χ4n) is 1.52. The highest BCUT2D eigenvalue weighted by atomic mass is 16.4. The molecule has 0 saturated carbocycles.